The first-order chi connectivity index (χ1) is 8.19. The highest BCUT2D eigenvalue weighted by Crippen LogP contribution is 2.42. The van der Waals surface area contributed by atoms with Crippen LogP contribution in [0.25, 0.3) is 0 Å². The molecule has 0 amide bonds. The first-order valence-electron chi connectivity index (χ1n) is 6.78. The zero-order valence-electron chi connectivity index (χ0n) is 12.5. The summed E-state index contributed by atoms with van der Waals surface area (Å²) in [7, 11) is 0. The molecule has 1 heterocycles. The summed E-state index contributed by atoms with van der Waals surface area (Å²) in [5.74, 6) is 0. The van der Waals surface area contributed by atoms with E-state index in [2.05, 4.69) is 71.1 Å². The standard InChI is InChI=1S/C17H25N/c1-16(2,3)13-11-12-9-7-8-10-14(12)18-15(13)17(4,5)6/h7-10,18H,11H2,1-6H3. The number of para-hydroxylation sites is 1. The van der Waals surface area contributed by atoms with Crippen LogP contribution in [0.2, 0.25) is 0 Å². The van der Waals surface area contributed by atoms with Crippen LogP contribution in [0.5, 0.6) is 0 Å². The van der Waals surface area contributed by atoms with Crippen LogP contribution in [0.15, 0.2) is 35.5 Å². The maximum absolute atomic E-state index is 3.67. The summed E-state index contributed by atoms with van der Waals surface area (Å²) in [6.45, 7) is 13.8. The minimum Gasteiger partial charge on any atom is -0.358 e. The van der Waals surface area contributed by atoms with Crippen molar-refractivity contribution in [2.24, 2.45) is 10.8 Å². The molecule has 0 saturated carbocycles. The number of allylic oxidation sites excluding steroid dienone is 2. The summed E-state index contributed by atoms with van der Waals surface area (Å²) >= 11 is 0. The van der Waals surface area contributed by atoms with Crippen LogP contribution in [0, 0.1) is 10.8 Å². The zero-order chi connectivity index (χ0) is 13.6. The predicted octanol–water partition coefficient (Wildman–Crippen LogP) is 5.00. The Bertz CT molecular complexity index is 436. The fourth-order valence-corrected chi connectivity index (χ4v) is 2.57. The van der Waals surface area contributed by atoms with Gasteiger partial charge in [-0.3, -0.25) is 0 Å². The molecule has 1 aliphatic heterocycles. The van der Waals surface area contributed by atoms with Crippen molar-refractivity contribution in [3.05, 3.63) is 41.1 Å². The smallest absolute Gasteiger partial charge is 0.0417 e. The molecule has 1 aromatic carbocycles. The fraction of sp³-hybridized carbons (Fsp3) is 0.529. The number of hydrogen-bond donors (Lipinski definition) is 1. The average molecular weight is 243 g/mol. The number of fused-ring (bicyclic) bond motifs is 1. The Balaban J connectivity index is 2.53. The van der Waals surface area contributed by atoms with Crippen molar-refractivity contribution in [2.75, 3.05) is 5.32 Å². The van der Waals surface area contributed by atoms with Crippen LogP contribution in [-0.4, -0.2) is 0 Å². The van der Waals surface area contributed by atoms with Gasteiger partial charge in [0.05, 0.1) is 0 Å². The van der Waals surface area contributed by atoms with Gasteiger partial charge in [-0.25, -0.2) is 0 Å². The topological polar surface area (TPSA) is 12.0 Å². The molecule has 2 rings (SSSR count). The Kier molecular flexibility index (Phi) is 3.04. The molecule has 1 nitrogen and oxygen atoms in total. The van der Waals surface area contributed by atoms with Crippen molar-refractivity contribution >= 4 is 5.69 Å². The van der Waals surface area contributed by atoms with Crippen LogP contribution in [0.4, 0.5) is 5.69 Å². The largest absolute Gasteiger partial charge is 0.358 e. The van der Waals surface area contributed by atoms with E-state index < -0.39 is 0 Å². The quantitative estimate of drug-likeness (QED) is 0.676. The lowest BCUT2D eigenvalue weighted by Crippen LogP contribution is -2.29. The predicted molar refractivity (Wildman–Crippen MR) is 79.7 cm³/mol. The highest BCUT2D eigenvalue weighted by molar-refractivity contribution is 5.61. The Labute approximate surface area is 111 Å². The third kappa shape index (κ3) is 2.45. The van der Waals surface area contributed by atoms with Crippen LogP contribution in [0.1, 0.15) is 47.1 Å². The first kappa shape index (κ1) is 13.2. The van der Waals surface area contributed by atoms with E-state index in [9.17, 15) is 0 Å². The van der Waals surface area contributed by atoms with E-state index in [-0.39, 0.29) is 10.8 Å². The van der Waals surface area contributed by atoms with Crippen molar-refractivity contribution in [3.63, 3.8) is 0 Å². The Morgan fingerprint density at radius 3 is 2.06 bits per heavy atom. The van der Waals surface area contributed by atoms with Crippen LogP contribution in [0.3, 0.4) is 0 Å². The van der Waals surface area contributed by atoms with Gasteiger partial charge in [0.1, 0.15) is 0 Å². The molecule has 0 fully saturated rings. The van der Waals surface area contributed by atoms with Gasteiger partial charge in [-0.15, -0.1) is 0 Å². The van der Waals surface area contributed by atoms with Crippen molar-refractivity contribution in [2.45, 2.75) is 48.0 Å². The molecule has 0 aromatic heterocycles. The molecule has 18 heavy (non-hydrogen) atoms. The molecular formula is C17H25N. The summed E-state index contributed by atoms with van der Waals surface area (Å²) in [4.78, 5) is 0. The lowest BCUT2D eigenvalue weighted by Gasteiger charge is -2.38. The second kappa shape index (κ2) is 4.15. The fourth-order valence-electron chi connectivity index (χ4n) is 2.57. The second-order valence-corrected chi connectivity index (χ2v) is 7.31. The maximum Gasteiger partial charge on any atom is 0.0417 e. The number of rotatable bonds is 0. The van der Waals surface area contributed by atoms with E-state index in [1.807, 2.05) is 0 Å². The number of hydrogen-bond acceptors (Lipinski definition) is 1. The zero-order valence-corrected chi connectivity index (χ0v) is 12.5. The minimum atomic E-state index is 0.163. The number of benzene rings is 1. The van der Waals surface area contributed by atoms with Crippen molar-refractivity contribution in [1.82, 2.24) is 0 Å². The highest BCUT2D eigenvalue weighted by atomic mass is 14.9. The second-order valence-electron chi connectivity index (χ2n) is 7.31. The Hall–Kier alpha value is -1.24. The van der Waals surface area contributed by atoms with Gasteiger partial charge in [-0.2, -0.15) is 0 Å². The number of anilines is 1. The SMILES string of the molecule is CC(C)(C)C1=C(C(C)(C)C)Nc2ccccc2C1. The van der Waals surface area contributed by atoms with Gasteiger partial charge in [0.15, 0.2) is 0 Å². The van der Waals surface area contributed by atoms with E-state index in [0.29, 0.717) is 0 Å². The average Bonchev–Trinajstić information content (AvgIpc) is 2.25. The van der Waals surface area contributed by atoms with Gasteiger partial charge in [0.2, 0.25) is 0 Å². The van der Waals surface area contributed by atoms with Gasteiger partial charge in [-0.05, 0) is 29.0 Å². The molecular weight excluding hydrogens is 218 g/mol. The summed E-state index contributed by atoms with van der Waals surface area (Å²) in [5, 5.41) is 3.67. The molecule has 0 spiro atoms. The summed E-state index contributed by atoms with van der Waals surface area (Å²) in [6, 6.07) is 8.64. The molecule has 0 bridgehead atoms. The van der Waals surface area contributed by atoms with Gasteiger partial charge >= 0.3 is 0 Å². The Morgan fingerprint density at radius 1 is 0.889 bits per heavy atom. The van der Waals surface area contributed by atoms with Crippen LogP contribution < -0.4 is 5.32 Å². The molecule has 0 atom stereocenters. The van der Waals surface area contributed by atoms with Gasteiger partial charge in [-0.1, -0.05) is 59.7 Å². The van der Waals surface area contributed by atoms with Crippen molar-refractivity contribution in [3.8, 4) is 0 Å². The molecule has 0 aliphatic carbocycles. The van der Waals surface area contributed by atoms with Crippen LogP contribution in [-0.2, 0) is 6.42 Å². The summed E-state index contributed by atoms with van der Waals surface area (Å²) in [6.07, 6.45) is 1.07. The summed E-state index contributed by atoms with van der Waals surface area (Å²) < 4.78 is 0. The monoisotopic (exact) mass is 243 g/mol. The van der Waals surface area contributed by atoms with E-state index in [1.54, 1.807) is 0 Å². The lowest BCUT2D eigenvalue weighted by molar-refractivity contribution is 0.435. The first-order valence-corrected chi connectivity index (χ1v) is 6.78. The van der Waals surface area contributed by atoms with E-state index in [0.717, 1.165) is 6.42 Å². The van der Waals surface area contributed by atoms with E-state index in [4.69, 9.17) is 0 Å². The van der Waals surface area contributed by atoms with Gasteiger partial charge < -0.3 is 5.32 Å². The van der Waals surface area contributed by atoms with Crippen molar-refractivity contribution in [1.29, 1.82) is 0 Å². The van der Waals surface area contributed by atoms with E-state index in [1.165, 1.54) is 22.5 Å². The molecule has 0 unspecified atom stereocenters. The van der Waals surface area contributed by atoms with Gasteiger partial charge in [0, 0.05) is 16.8 Å². The molecule has 0 saturated heterocycles. The normalized spacial score (nSPS) is 16.3. The van der Waals surface area contributed by atoms with Crippen LogP contribution >= 0.6 is 0 Å². The molecule has 1 N–H and O–H groups in total. The molecule has 1 aliphatic rings. The van der Waals surface area contributed by atoms with E-state index >= 15 is 0 Å². The Morgan fingerprint density at radius 2 is 1.50 bits per heavy atom. The highest BCUT2D eigenvalue weighted by Gasteiger charge is 2.31. The maximum atomic E-state index is 3.67. The van der Waals surface area contributed by atoms with Gasteiger partial charge in [0.25, 0.3) is 0 Å². The molecule has 1 heteroatoms. The molecule has 0 radical (unpaired) electrons. The third-order valence-corrected chi connectivity index (χ3v) is 3.60. The lowest BCUT2D eigenvalue weighted by atomic mass is 9.74. The number of nitrogens with one attached hydrogen (secondary N) is 1. The minimum absolute atomic E-state index is 0.163. The summed E-state index contributed by atoms with van der Waals surface area (Å²) in [5.41, 5.74) is 5.99. The third-order valence-electron chi connectivity index (χ3n) is 3.60. The molecule has 98 valence electrons. The van der Waals surface area contributed by atoms with Crippen molar-refractivity contribution < 1.29 is 0 Å². The molecule has 1 aromatic rings.